The van der Waals surface area contributed by atoms with Crippen LogP contribution in [0.1, 0.15) is 43.1 Å². The number of para-hydroxylation sites is 1. The van der Waals surface area contributed by atoms with Gasteiger partial charge in [-0.3, -0.25) is 14.4 Å². The van der Waals surface area contributed by atoms with Crippen LogP contribution in [-0.4, -0.2) is 42.3 Å². The molecule has 2 aromatic carbocycles. The molecule has 0 spiro atoms. The molecule has 0 aliphatic carbocycles. The number of nitrogens with one attached hydrogen (secondary N) is 1. The van der Waals surface area contributed by atoms with Crippen molar-refractivity contribution in [2.24, 2.45) is 5.92 Å². The van der Waals surface area contributed by atoms with Gasteiger partial charge in [0.25, 0.3) is 5.91 Å². The van der Waals surface area contributed by atoms with E-state index in [2.05, 4.69) is 12.2 Å². The van der Waals surface area contributed by atoms with Crippen molar-refractivity contribution in [2.45, 2.75) is 33.6 Å². The second-order valence-corrected chi connectivity index (χ2v) is 7.44. The normalized spacial score (nSPS) is 15.9. The van der Waals surface area contributed by atoms with Gasteiger partial charge in [0, 0.05) is 43.0 Å². The first kappa shape index (κ1) is 21.6. The minimum atomic E-state index is -0.426. The summed E-state index contributed by atoms with van der Waals surface area (Å²) in [4.78, 5) is 41.4. The maximum absolute atomic E-state index is 12.8. The Labute approximate surface area is 177 Å². The Morgan fingerprint density at radius 2 is 1.80 bits per heavy atom. The summed E-state index contributed by atoms with van der Waals surface area (Å²) in [6.45, 7) is 7.55. The molecule has 1 aliphatic heterocycles. The van der Waals surface area contributed by atoms with E-state index in [4.69, 9.17) is 0 Å². The lowest BCUT2D eigenvalue weighted by Crippen LogP contribution is -2.30. The fourth-order valence-electron chi connectivity index (χ4n) is 3.86. The van der Waals surface area contributed by atoms with Crippen LogP contribution < -0.4 is 10.2 Å². The summed E-state index contributed by atoms with van der Waals surface area (Å²) >= 11 is 0. The molecular weight excluding hydrogens is 378 g/mol. The van der Waals surface area contributed by atoms with Crippen molar-refractivity contribution >= 4 is 29.1 Å². The van der Waals surface area contributed by atoms with E-state index in [1.807, 2.05) is 38.1 Å². The van der Waals surface area contributed by atoms with Gasteiger partial charge in [0.05, 0.1) is 5.92 Å². The van der Waals surface area contributed by atoms with Crippen molar-refractivity contribution in [3.63, 3.8) is 0 Å². The number of rotatable bonds is 7. The lowest BCUT2D eigenvalue weighted by atomic mass is 10.1. The highest BCUT2D eigenvalue weighted by molar-refractivity contribution is 6.04. The lowest BCUT2D eigenvalue weighted by Gasteiger charge is -2.20. The van der Waals surface area contributed by atoms with Crippen LogP contribution in [0, 0.1) is 5.92 Å². The van der Waals surface area contributed by atoms with Gasteiger partial charge >= 0.3 is 0 Å². The van der Waals surface area contributed by atoms with Gasteiger partial charge in [0.2, 0.25) is 11.8 Å². The maximum Gasteiger partial charge on any atom is 0.253 e. The van der Waals surface area contributed by atoms with Crippen molar-refractivity contribution in [2.75, 3.05) is 29.9 Å². The first-order valence-electron chi connectivity index (χ1n) is 10.6. The third kappa shape index (κ3) is 4.53. The van der Waals surface area contributed by atoms with E-state index < -0.39 is 5.92 Å². The van der Waals surface area contributed by atoms with Crippen LogP contribution in [0.2, 0.25) is 0 Å². The van der Waals surface area contributed by atoms with Crippen LogP contribution in [0.25, 0.3) is 0 Å². The quantitative estimate of drug-likeness (QED) is 0.760. The van der Waals surface area contributed by atoms with Gasteiger partial charge in [-0.25, -0.2) is 0 Å². The highest BCUT2D eigenvalue weighted by atomic mass is 16.2. The Hall–Kier alpha value is -3.15. The monoisotopic (exact) mass is 407 g/mol. The van der Waals surface area contributed by atoms with Crippen LogP contribution >= 0.6 is 0 Å². The molecule has 1 unspecified atom stereocenters. The molecule has 1 aliphatic rings. The molecule has 0 radical (unpaired) electrons. The summed E-state index contributed by atoms with van der Waals surface area (Å²) in [7, 11) is 0. The van der Waals surface area contributed by atoms with Crippen molar-refractivity contribution in [1.82, 2.24) is 4.90 Å². The zero-order valence-electron chi connectivity index (χ0n) is 17.9. The highest BCUT2D eigenvalue weighted by Gasteiger charge is 2.35. The zero-order chi connectivity index (χ0) is 21.7. The van der Waals surface area contributed by atoms with Gasteiger partial charge in [-0.05, 0) is 50.1 Å². The maximum atomic E-state index is 12.8. The molecular formula is C24H29N3O3. The van der Waals surface area contributed by atoms with Crippen LogP contribution in [0.5, 0.6) is 0 Å². The number of carbonyl (C=O) groups is 3. The molecule has 0 bridgehead atoms. The van der Waals surface area contributed by atoms with Crippen LogP contribution in [0.3, 0.4) is 0 Å². The standard InChI is InChI=1S/C24H29N3O3/c1-4-17-10-7-8-13-21(17)27-16-19(15-22(27)28)23(29)25-20-12-9-11-18(14-20)24(30)26(5-2)6-3/h7-14,19H,4-6,15-16H2,1-3H3,(H,25,29). The number of anilines is 2. The van der Waals surface area contributed by atoms with Gasteiger partial charge < -0.3 is 15.1 Å². The molecule has 3 amide bonds. The SMILES string of the molecule is CCc1ccccc1N1CC(C(=O)Nc2cccc(C(=O)N(CC)CC)c2)CC1=O. The van der Waals surface area contributed by atoms with Crippen molar-refractivity contribution in [3.05, 3.63) is 59.7 Å². The second-order valence-electron chi connectivity index (χ2n) is 7.44. The molecule has 1 fully saturated rings. The Balaban J connectivity index is 1.71. The molecule has 3 rings (SSSR count). The molecule has 1 atom stereocenters. The van der Waals surface area contributed by atoms with Crippen molar-refractivity contribution in [3.8, 4) is 0 Å². The summed E-state index contributed by atoms with van der Waals surface area (Å²) in [5, 5.41) is 2.89. The van der Waals surface area contributed by atoms with Gasteiger partial charge in [-0.1, -0.05) is 31.2 Å². The van der Waals surface area contributed by atoms with Crippen molar-refractivity contribution in [1.29, 1.82) is 0 Å². The topological polar surface area (TPSA) is 69.7 Å². The van der Waals surface area contributed by atoms with Crippen LogP contribution in [0.15, 0.2) is 48.5 Å². The molecule has 6 nitrogen and oxygen atoms in total. The van der Waals surface area contributed by atoms with E-state index in [9.17, 15) is 14.4 Å². The predicted molar refractivity (Wildman–Crippen MR) is 119 cm³/mol. The third-order valence-corrected chi connectivity index (χ3v) is 5.59. The fourth-order valence-corrected chi connectivity index (χ4v) is 3.86. The van der Waals surface area contributed by atoms with E-state index in [-0.39, 0.29) is 24.1 Å². The molecule has 6 heteroatoms. The van der Waals surface area contributed by atoms with E-state index in [1.165, 1.54) is 0 Å². The molecule has 158 valence electrons. The summed E-state index contributed by atoms with van der Waals surface area (Å²) in [5.74, 6) is -0.729. The Morgan fingerprint density at radius 1 is 1.07 bits per heavy atom. The molecule has 0 saturated carbocycles. The van der Waals surface area contributed by atoms with Crippen LogP contribution in [-0.2, 0) is 16.0 Å². The average Bonchev–Trinajstić information content (AvgIpc) is 3.16. The molecule has 1 N–H and O–H groups in total. The molecule has 30 heavy (non-hydrogen) atoms. The molecule has 0 aromatic heterocycles. The Kier molecular flexibility index (Phi) is 6.87. The Bertz CT molecular complexity index is 937. The minimum absolute atomic E-state index is 0.0403. The number of carbonyl (C=O) groups excluding carboxylic acids is 3. The number of aryl methyl sites for hydroxylation is 1. The van der Waals surface area contributed by atoms with Gasteiger partial charge in [0.15, 0.2) is 0 Å². The van der Waals surface area contributed by atoms with E-state index >= 15 is 0 Å². The minimum Gasteiger partial charge on any atom is -0.339 e. The average molecular weight is 408 g/mol. The highest BCUT2D eigenvalue weighted by Crippen LogP contribution is 2.29. The number of hydrogen-bond donors (Lipinski definition) is 1. The number of amides is 3. The van der Waals surface area contributed by atoms with Gasteiger partial charge in [-0.2, -0.15) is 0 Å². The van der Waals surface area contributed by atoms with E-state index in [1.54, 1.807) is 34.1 Å². The molecule has 1 heterocycles. The first-order valence-corrected chi connectivity index (χ1v) is 10.6. The first-order chi connectivity index (χ1) is 14.5. The smallest absolute Gasteiger partial charge is 0.253 e. The predicted octanol–water partition coefficient (Wildman–Crippen LogP) is 3.72. The molecule has 1 saturated heterocycles. The number of nitrogens with zero attached hydrogens (tertiary/aromatic N) is 2. The molecule has 2 aromatic rings. The number of hydrogen-bond acceptors (Lipinski definition) is 3. The lowest BCUT2D eigenvalue weighted by molar-refractivity contribution is -0.122. The van der Waals surface area contributed by atoms with Crippen LogP contribution in [0.4, 0.5) is 11.4 Å². The Morgan fingerprint density at radius 3 is 2.50 bits per heavy atom. The van der Waals surface area contributed by atoms with Crippen molar-refractivity contribution < 1.29 is 14.4 Å². The summed E-state index contributed by atoms with van der Waals surface area (Å²) in [5.41, 5.74) is 3.08. The second kappa shape index (κ2) is 9.57. The summed E-state index contributed by atoms with van der Waals surface area (Å²) in [6.07, 6.45) is 1.01. The largest absolute Gasteiger partial charge is 0.339 e. The third-order valence-electron chi connectivity index (χ3n) is 5.59. The van der Waals surface area contributed by atoms with Gasteiger partial charge in [-0.15, -0.1) is 0 Å². The fraction of sp³-hybridized carbons (Fsp3) is 0.375. The van der Waals surface area contributed by atoms with Gasteiger partial charge in [0.1, 0.15) is 0 Å². The van der Waals surface area contributed by atoms with E-state index in [0.717, 1.165) is 17.7 Å². The summed E-state index contributed by atoms with van der Waals surface area (Å²) in [6, 6.07) is 14.8. The van der Waals surface area contributed by atoms with E-state index in [0.29, 0.717) is 30.9 Å². The number of benzene rings is 2. The zero-order valence-corrected chi connectivity index (χ0v) is 17.9. The summed E-state index contributed by atoms with van der Waals surface area (Å²) < 4.78 is 0.